The van der Waals surface area contributed by atoms with Gasteiger partial charge in [-0.15, -0.1) is 0 Å². The fourth-order valence-corrected chi connectivity index (χ4v) is 5.92. The lowest BCUT2D eigenvalue weighted by molar-refractivity contribution is -0.117. The van der Waals surface area contributed by atoms with E-state index in [-0.39, 0.29) is 23.1 Å². The lowest BCUT2D eigenvalue weighted by Crippen LogP contribution is -2.42. The maximum atomic E-state index is 13.8. The van der Waals surface area contributed by atoms with Gasteiger partial charge in [-0.2, -0.15) is 0 Å². The van der Waals surface area contributed by atoms with Crippen LogP contribution in [0.3, 0.4) is 0 Å². The molecule has 0 atom stereocenters. The van der Waals surface area contributed by atoms with Gasteiger partial charge >= 0.3 is 0 Å². The van der Waals surface area contributed by atoms with Crippen LogP contribution in [-0.4, -0.2) is 34.5 Å². The zero-order chi connectivity index (χ0) is 22.9. The number of rotatable bonds is 6. The molecule has 0 aromatic heterocycles. The van der Waals surface area contributed by atoms with E-state index in [0.29, 0.717) is 12.2 Å². The normalized spacial score (nSPS) is 13.0. The lowest BCUT2D eigenvalue weighted by Gasteiger charge is -2.27. The molecule has 4 rings (SSSR count). The van der Waals surface area contributed by atoms with Crippen LogP contribution in [-0.2, 0) is 21.2 Å². The first-order valence-electron chi connectivity index (χ1n) is 10.1. The fourth-order valence-electron chi connectivity index (χ4n) is 3.85. The summed E-state index contributed by atoms with van der Waals surface area (Å²) in [6.45, 7) is 2.01. The molecule has 1 aliphatic heterocycles. The second kappa shape index (κ2) is 8.96. The molecule has 0 spiro atoms. The van der Waals surface area contributed by atoms with Crippen molar-refractivity contribution in [2.75, 3.05) is 29.4 Å². The Morgan fingerprint density at radius 2 is 1.84 bits per heavy atom. The molecule has 0 N–H and O–H groups in total. The van der Waals surface area contributed by atoms with E-state index in [1.807, 2.05) is 25.1 Å². The molecule has 166 valence electrons. The SMILES string of the molecule is COc1ccc(C)cc1S(=O)(=O)N(CC(=O)N1CCc2cc(Br)ccc21)c1ccccc1. The van der Waals surface area contributed by atoms with Crippen molar-refractivity contribution in [1.29, 1.82) is 0 Å². The Bertz CT molecular complexity index is 1260. The first-order valence-corrected chi connectivity index (χ1v) is 12.4. The molecule has 0 aliphatic carbocycles. The minimum Gasteiger partial charge on any atom is -0.495 e. The van der Waals surface area contributed by atoms with Gasteiger partial charge in [-0.25, -0.2) is 8.42 Å². The molecule has 1 aliphatic rings. The summed E-state index contributed by atoms with van der Waals surface area (Å²) in [7, 11) is -2.64. The van der Waals surface area contributed by atoms with Crippen LogP contribution in [0.25, 0.3) is 0 Å². The summed E-state index contributed by atoms with van der Waals surface area (Å²) in [5.74, 6) is -0.0505. The molecule has 0 saturated carbocycles. The van der Waals surface area contributed by atoms with Gasteiger partial charge in [0.15, 0.2) is 0 Å². The number of hydrogen-bond donors (Lipinski definition) is 0. The van der Waals surface area contributed by atoms with Crippen LogP contribution in [0.1, 0.15) is 11.1 Å². The molecule has 0 radical (unpaired) electrons. The Balaban J connectivity index is 1.74. The van der Waals surface area contributed by atoms with Crippen LogP contribution in [0.15, 0.2) is 76.1 Å². The molecule has 1 heterocycles. The maximum absolute atomic E-state index is 13.8. The number of hydrogen-bond acceptors (Lipinski definition) is 4. The monoisotopic (exact) mass is 514 g/mol. The van der Waals surface area contributed by atoms with E-state index in [1.165, 1.54) is 7.11 Å². The number of fused-ring (bicyclic) bond motifs is 1. The van der Waals surface area contributed by atoms with E-state index in [2.05, 4.69) is 15.9 Å². The second-order valence-electron chi connectivity index (χ2n) is 7.57. The molecule has 8 heteroatoms. The fraction of sp³-hybridized carbons (Fsp3) is 0.208. The molecule has 0 unspecified atom stereocenters. The Morgan fingerprint density at radius 1 is 1.09 bits per heavy atom. The van der Waals surface area contributed by atoms with Crippen molar-refractivity contribution in [2.45, 2.75) is 18.2 Å². The standard InChI is InChI=1S/C24H23BrN2O4S/c1-17-8-11-22(31-2)23(14-17)32(29,30)27(20-6-4-3-5-7-20)16-24(28)26-13-12-18-15-19(25)9-10-21(18)26/h3-11,14-15H,12-13,16H2,1-2H3. The number of halogens is 1. The van der Waals surface area contributed by atoms with Crippen LogP contribution in [0, 0.1) is 6.92 Å². The Kier molecular flexibility index (Phi) is 6.26. The van der Waals surface area contributed by atoms with Crippen molar-refractivity contribution < 1.29 is 17.9 Å². The van der Waals surface area contributed by atoms with Crippen molar-refractivity contribution in [3.63, 3.8) is 0 Å². The van der Waals surface area contributed by atoms with Crippen LogP contribution >= 0.6 is 15.9 Å². The van der Waals surface area contributed by atoms with Gasteiger partial charge in [-0.3, -0.25) is 9.10 Å². The van der Waals surface area contributed by atoms with Crippen molar-refractivity contribution in [1.82, 2.24) is 0 Å². The van der Waals surface area contributed by atoms with Crippen molar-refractivity contribution >= 4 is 43.2 Å². The van der Waals surface area contributed by atoms with Crippen molar-refractivity contribution in [3.8, 4) is 5.75 Å². The van der Waals surface area contributed by atoms with Gasteiger partial charge < -0.3 is 9.64 Å². The summed E-state index contributed by atoms with van der Waals surface area (Å²) in [6.07, 6.45) is 0.726. The molecule has 3 aromatic carbocycles. The van der Waals surface area contributed by atoms with E-state index in [0.717, 1.165) is 32.0 Å². The largest absolute Gasteiger partial charge is 0.495 e. The number of para-hydroxylation sites is 1. The molecule has 1 amide bonds. The molecule has 0 bridgehead atoms. The van der Waals surface area contributed by atoms with Gasteiger partial charge in [0.05, 0.1) is 12.8 Å². The molecule has 0 saturated heterocycles. The number of ether oxygens (including phenoxy) is 1. The van der Waals surface area contributed by atoms with Crippen LogP contribution in [0.2, 0.25) is 0 Å². The molecular formula is C24H23BrN2O4S. The van der Waals surface area contributed by atoms with Gasteiger partial charge in [0.25, 0.3) is 10.0 Å². The minimum atomic E-state index is -4.07. The number of sulfonamides is 1. The summed E-state index contributed by atoms with van der Waals surface area (Å²) >= 11 is 3.46. The Labute approximate surface area is 196 Å². The molecule has 32 heavy (non-hydrogen) atoms. The zero-order valence-electron chi connectivity index (χ0n) is 17.8. The predicted molar refractivity (Wildman–Crippen MR) is 129 cm³/mol. The van der Waals surface area contributed by atoms with Gasteiger partial charge in [-0.05, 0) is 66.9 Å². The summed E-state index contributed by atoms with van der Waals surface area (Å²) in [6, 6.07) is 19.4. The average Bonchev–Trinajstić information content (AvgIpc) is 3.21. The minimum absolute atomic E-state index is 0.0300. The number of aryl methyl sites for hydroxylation is 1. The van der Waals surface area contributed by atoms with Crippen molar-refractivity contribution in [3.05, 3.63) is 82.3 Å². The highest BCUT2D eigenvalue weighted by molar-refractivity contribution is 9.10. The average molecular weight is 515 g/mol. The highest BCUT2D eigenvalue weighted by atomic mass is 79.9. The Hall–Kier alpha value is -2.84. The number of methoxy groups -OCH3 is 1. The highest BCUT2D eigenvalue weighted by Gasteiger charge is 2.33. The van der Waals surface area contributed by atoms with Gasteiger partial charge in [0.2, 0.25) is 5.91 Å². The number of carbonyl (C=O) groups is 1. The van der Waals surface area contributed by atoms with Gasteiger partial charge in [-0.1, -0.05) is 40.2 Å². The topological polar surface area (TPSA) is 66.9 Å². The Morgan fingerprint density at radius 3 is 2.56 bits per heavy atom. The van der Waals surface area contributed by atoms with E-state index >= 15 is 0 Å². The third-order valence-electron chi connectivity index (χ3n) is 5.45. The third-order valence-corrected chi connectivity index (χ3v) is 7.74. The summed E-state index contributed by atoms with van der Waals surface area (Å²) in [5.41, 5.74) is 3.07. The van der Waals surface area contributed by atoms with Crippen LogP contribution in [0.5, 0.6) is 5.75 Å². The smallest absolute Gasteiger partial charge is 0.268 e. The quantitative estimate of drug-likeness (QED) is 0.483. The second-order valence-corrected chi connectivity index (χ2v) is 10.3. The van der Waals surface area contributed by atoms with Crippen LogP contribution < -0.4 is 13.9 Å². The van der Waals surface area contributed by atoms with Gasteiger partial charge in [0.1, 0.15) is 17.2 Å². The van der Waals surface area contributed by atoms with Crippen LogP contribution in [0.4, 0.5) is 11.4 Å². The number of carbonyl (C=O) groups excluding carboxylic acids is 1. The van der Waals surface area contributed by atoms with E-state index in [4.69, 9.17) is 4.74 Å². The van der Waals surface area contributed by atoms with Gasteiger partial charge in [0, 0.05) is 16.7 Å². The van der Waals surface area contributed by atoms with Crippen molar-refractivity contribution in [2.24, 2.45) is 0 Å². The molecular weight excluding hydrogens is 492 g/mol. The maximum Gasteiger partial charge on any atom is 0.268 e. The first kappa shape index (κ1) is 22.4. The van der Waals surface area contributed by atoms with E-state index < -0.39 is 10.0 Å². The van der Waals surface area contributed by atoms with E-state index in [9.17, 15) is 13.2 Å². The predicted octanol–water partition coefficient (Wildman–Crippen LogP) is 4.55. The summed E-state index contributed by atoms with van der Waals surface area (Å²) in [5, 5.41) is 0. The number of anilines is 2. The number of amides is 1. The summed E-state index contributed by atoms with van der Waals surface area (Å²) < 4.78 is 35.0. The molecule has 0 fully saturated rings. The lowest BCUT2D eigenvalue weighted by atomic mass is 10.2. The molecule has 3 aromatic rings. The first-order chi connectivity index (χ1) is 15.3. The molecule has 6 nitrogen and oxygen atoms in total. The number of benzene rings is 3. The summed E-state index contributed by atoms with van der Waals surface area (Å²) in [4.78, 5) is 15.0. The third kappa shape index (κ3) is 4.25. The zero-order valence-corrected chi connectivity index (χ0v) is 20.2. The highest BCUT2D eigenvalue weighted by Crippen LogP contribution is 2.33. The van der Waals surface area contributed by atoms with E-state index in [1.54, 1.807) is 53.4 Å². The number of nitrogens with zero attached hydrogens (tertiary/aromatic N) is 2.